The Kier molecular flexibility index (Phi) is 13.1. The Labute approximate surface area is 107 Å². The van der Waals surface area contributed by atoms with Crippen LogP contribution in [0.25, 0.3) is 0 Å². The lowest BCUT2D eigenvalue weighted by molar-refractivity contribution is -0.143. The average molecular weight is 241 g/mol. The number of esters is 1. The molecule has 0 heterocycles. The predicted molar refractivity (Wildman–Crippen MR) is 72.8 cm³/mol. The van der Waals surface area contributed by atoms with E-state index < -0.39 is 0 Å². The number of hydrogen-bond acceptors (Lipinski definition) is 2. The first-order valence-corrected chi connectivity index (χ1v) is 7.26. The number of carbonyl (C=O) groups excluding carboxylic acids is 1. The topological polar surface area (TPSA) is 26.3 Å². The normalized spacial score (nSPS) is 10.5. The van der Waals surface area contributed by atoms with Crippen molar-refractivity contribution in [3.63, 3.8) is 0 Å². The molecule has 0 aromatic heterocycles. The molecule has 0 saturated heterocycles. The van der Waals surface area contributed by atoms with Gasteiger partial charge in [-0.1, -0.05) is 65.2 Å². The van der Waals surface area contributed by atoms with Crippen LogP contribution >= 0.6 is 0 Å². The van der Waals surface area contributed by atoms with E-state index in [4.69, 9.17) is 4.74 Å². The molecule has 0 aromatic rings. The van der Waals surface area contributed by atoms with E-state index in [2.05, 4.69) is 13.8 Å². The molecule has 17 heavy (non-hydrogen) atoms. The van der Waals surface area contributed by atoms with Gasteiger partial charge in [0.1, 0.15) is 0 Å². The minimum absolute atomic E-state index is 0.0184. The van der Waals surface area contributed by atoms with Gasteiger partial charge in [0, 0.05) is 6.42 Å². The molecule has 101 valence electrons. The van der Waals surface area contributed by atoms with E-state index >= 15 is 0 Å². The summed E-state index contributed by atoms with van der Waals surface area (Å²) in [6, 6.07) is 0. The molecular weight excluding hydrogens is 212 g/mol. The van der Waals surface area contributed by atoms with Crippen molar-refractivity contribution < 1.29 is 9.53 Å². The second-order valence-corrected chi connectivity index (χ2v) is 4.65. The Hall–Kier alpha value is -0.530. The molecule has 0 amide bonds. The van der Waals surface area contributed by atoms with E-state index in [1.54, 1.807) is 0 Å². The molecule has 0 aromatic carbocycles. The summed E-state index contributed by atoms with van der Waals surface area (Å²) >= 11 is 0. The van der Waals surface area contributed by atoms with Gasteiger partial charge in [0.15, 0.2) is 0 Å². The van der Waals surface area contributed by atoms with Crippen molar-refractivity contribution in [3.05, 3.63) is 6.92 Å². The van der Waals surface area contributed by atoms with Gasteiger partial charge in [0.05, 0.1) is 6.61 Å². The average Bonchev–Trinajstić information content (AvgIpc) is 2.33. The molecule has 0 bridgehead atoms. The summed E-state index contributed by atoms with van der Waals surface area (Å²) in [6.07, 6.45) is 12.1. The fourth-order valence-electron chi connectivity index (χ4n) is 1.76. The van der Waals surface area contributed by atoms with Crippen LogP contribution in [0, 0.1) is 6.92 Å². The minimum Gasteiger partial charge on any atom is -0.466 e. The van der Waals surface area contributed by atoms with E-state index in [0.717, 1.165) is 38.5 Å². The van der Waals surface area contributed by atoms with Crippen LogP contribution in [0.5, 0.6) is 0 Å². The summed E-state index contributed by atoms with van der Waals surface area (Å²) in [5.74, 6) is -0.0184. The molecule has 0 aliphatic carbocycles. The number of ether oxygens (including phenoxy) is 1. The van der Waals surface area contributed by atoms with Crippen molar-refractivity contribution in [2.24, 2.45) is 0 Å². The molecule has 0 saturated carbocycles. The predicted octanol–water partition coefficient (Wildman–Crippen LogP) is 4.67. The summed E-state index contributed by atoms with van der Waals surface area (Å²) in [5, 5.41) is 0. The second kappa shape index (κ2) is 13.5. The highest BCUT2D eigenvalue weighted by Gasteiger charge is 2.01. The number of hydrogen-bond donors (Lipinski definition) is 0. The lowest BCUT2D eigenvalue weighted by Gasteiger charge is -2.04. The van der Waals surface area contributed by atoms with Crippen molar-refractivity contribution >= 4 is 5.97 Å². The molecule has 0 aliphatic heterocycles. The Morgan fingerprint density at radius 1 is 0.941 bits per heavy atom. The van der Waals surface area contributed by atoms with Gasteiger partial charge in [-0.15, -0.1) is 0 Å². The van der Waals surface area contributed by atoms with Gasteiger partial charge in [-0.2, -0.15) is 0 Å². The van der Waals surface area contributed by atoms with Crippen LogP contribution in [-0.4, -0.2) is 12.6 Å². The molecule has 1 radical (unpaired) electrons. The van der Waals surface area contributed by atoms with Crippen LogP contribution in [0.4, 0.5) is 0 Å². The molecule has 0 atom stereocenters. The number of carbonyl (C=O) groups is 1. The lowest BCUT2D eigenvalue weighted by atomic mass is 10.1. The summed E-state index contributed by atoms with van der Waals surface area (Å²) in [4.78, 5) is 11.3. The zero-order valence-electron chi connectivity index (χ0n) is 11.5. The van der Waals surface area contributed by atoms with Crippen molar-refractivity contribution in [2.45, 2.75) is 77.6 Å². The monoisotopic (exact) mass is 241 g/mol. The Morgan fingerprint density at radius 2 is 1.59 bits per heavy atom. The SMILES string of the molecule is [CH2]CCCCCOC(=O)CCCCCCCC. The molecule has 2 heteroatoms. The standard InChI is InChI=1S/C15H29O2/c1-3-5-7-9-10-11-13-15(16)17-14-12-8-6-4-2/h2-14H2,1H3. The first-order valence-electron chi connectivity index (χ1n) is 7.26. The van der Waals surface area contributed by atoms with Gasteiger partial charge < -0.3 is 4.74 Å². The second-order valence-electron chi connectivity index (χ2n) is 4.65. The van der Waals surface area contributed by atoms with Crippen molar-refractivity contribution in [3.8, 4) is 0 Å². The zero-order valence-corrected chi connectivity index (χ0v) is 11.5. The van der Waals surface area contributed by atoms with Crippen LogP contribution in [0.2, 0.25) is 0 Å². The largest absolute Gasteiger partial charge is 0.466 e. The smallest absolute Gasteiger partial charge is 0.305 e. The third-order valence-electron chi connectivity index (χ3n) is 2.89. The Bertz CT molecular complexity index is 166. The molecule has 0 unspecified atom stereocenters. The van der Waals surface area contributed by atoms with Gasteiger partial charge in [-0.05, 0) is 12.8 Å². The van der Waals surface area contributed by atoms with Gasteiger partial charge >= 0.3 is 5.97 Å². The van der Waals surface area contributed by atoms with Gasteiger partial charge in [-0.25, -0.2) is 0 Å². The fourth-order valence-corrected chi connectivity index (χ4v) is 1.76. The quantitative estimate of drug-likeness (QED) is 0.366. The van der Waals surface area contributed by atoms with Gasteiger partial charge in [0.2, 0.25) is 0 Å². The lowest BCUT2D eigenvalue weighted by Crippen LogP contribution is -2.05. The van der Waals surface area contributed by atoms with Crippen LogP contribution in [-0.2, 0) is 9.53 Å². The van der Waals surface area contributed by atoms with Gasteiger partial charge in [-0.3, -0.25) is 4.79 Å². The van der Waals surface area contributed by atoms with Crippen molar-refractivity contribution in [1.29, 1.82) is 0 Å². The Balaban J connectivity index is 3.12. The third kappa shape index (κ3) is 13.4. The minimum atomic E-state index is -0.0184. The van der Waals surface area contributed by atoms with Crippen LogP contribution < -0.4 is 0 Å². The molecule has 0 spiro atoms. The van der Waals surface area contributed by atoms with E-state index in [9.17, 15) is 4.79 Å². The van der Waals surface area contributed by atoms with E-state index in [1.807, 2.05) is 0 Å². The summed E-state index contributed by atoms with van der Waals surface area (Å²) in [5.41, 5.74) is 0. The maximum atomic E-state index is 11.3. The molecule has 0 fully saturated rings. The van der Waals surface area contributed by atoms with Crippen molar-refractivity contribution in [2.75, 3.05) is 6.61 Å². The molecule has 0 N–H and O–H groups in total. The van der Waals surface area contributed by atoms with E-state index in [-0.39, 0.29) is 5.97 Å². The summed E-state index contributed by atoms with van der Waals surface area (Å²) in [6.45, 7) is 6.59. The summed E-state index contributed by atoms with van der Waals surface area (Å²) in [7, 11) is 0. The number of unbranched alkanes of at least 4 members (excludes halogenated alkanes) is 8. The van der Waals surface area contributed by atoms with Crippen LogP contribution in [0.3, 0.4) is 0 Å². The fraction of sp³-hybridized carbons (Fsp3) is 0.867. The maximum Gasteiger partial charge on any atom is 0.305 e. The first kappa shape index (κ1) is 16.5. The molecular formula is C15H29O2. The van der Waals surface area contributed by atoms with E-state index in [1.165, 1.54) is 25.7 Å². The Morgan fingerprint density at radius 3 is 2.29 bits per heavy atom. The third-order valence-corrected chi connectivity index (χ3v) is 2.89. The highest BCUT2D eigenvalue weighted by atomic mass is 16.5. The highest BCUT2D eigenvalue weighted by molar-refractivity contribution is 5.69. The molecule has 0 aliphatic rings. The first-order chi connectivity index (χ1) is 8.31. The zero-order chi connectivity index (χ0) is 12.8. The van der Waals surface area contributed by atoms with Crippen molar-refractivity contribution in [1.82, 2.24) is 0 Å². The maximum absolute atomic E-state index is 11.3. The molecule has 0 rings (SSSR count). The van der Waals surface area contributed by atoms with Crippen LogP contribution in [0.15, 0.2) is 0 Å². The van der Waals surface area contributed by atoms with Crippen LogP contribution in [0.1, 0.15) is 77.6 Å². The molecule has 2 nitrogen and oxygen atoms in total. The number of rotatable bonds is 12. The van der Waals surface area contributed by atoms with Gasteiger partial charge in [0.25, 0.3) is 0 Å². The van der Waals surface area contributed by atoms with E-state index in [0.29, 0.717) is 13.0 Å². The highest BCUT2D eigenvalue weighted by Crippen LogP contribution is 2.07. The summed E-state index contributed by atoms with van der Waals surface area (Å²) < 4.78 is 5.16.